The summed E-state index contributed by atoms with van der Waals surface area (Å²) < 4.78 is 4.82. The van der Waals surface area contributed by atoms with Crippen LogP contribution in [-0.4, -0.2) is 17.3 Å². The lowest BCUT2D eigenvalue weighted by Crippen LogP contribution is -1.85. The molecule has 0 aliphatic heterocycles. The van der Waals surface area contributed by atoms with Crippen molar-refractivity contribution >= 4 is 5.76 Å². The molecule has 0 fully saturated rings. The molecule has 0 aromatic heterocycles. The Morgan fingerprint density at radius 1 is 1.50 bits per heavy atom. The summed E-state index contributed by atoms with van der Waals surface area (Å²) in [6.07, 6.45) is 0. The Morgan fingerprint density at radius 3 is 2.58 bits per heavy atom. The van der Waals surface area contributed by atoms with Crippen molar-refractivity contribution in [2.45, 2.75) is 0 Å². The Labute approximate surface area is 70.5 Å². The molecule has 0 heterocycles. The van der Waals surface area contributed by atoms with E-state index in [-0.39, 0.29) is 11.5 Å². The molecule has 1 rings (SSSR count). The van der Waals surface area contributed by atoms with Crippen LogP contribution in [0.25, 0.3) is 5.76 Å². The van der Waals surface area contributed by atoms with E-state index in [1.807, 2.05) is 0 Å². The van der Waals surface area contributed by atoms with Gasteiger partial charge in [-0.1, -0.05) is 6.58 Å². The van der Waals surface area contributed by atoms with Gasteiger partial charge in [-0.05, 0) is 18.2 Å². The maximum absolute atomic E-state index is 9.26. The van der Waals surface area contributed by atoms with E-state index in [9.17, 15) is 5.11 Å². The van der Waals surface area contributed by atoms with Crippen molar-refractivity contribution in [3.63, 3.8) is 0 Å². The minimum absolute atomic E-state index is 0.00907. The van der Waals surface area contributed by atoms with Gasteiger partial charge in [0.15, 0.2) is 11.5 Å². The quantitative estimate of drug-likeness (QED) is 0.660. The number of aliphatic hydroxyl groups excluding tert-OH is 1. The lowest BCUT2D eigenvalue weighted by molar-refractivity contribution is 0.373. The molecular formula is C9H10O3. The van der Waals surface area contributed by atoms with E-state index in [1.54, 1.807) is 12.1 Å². The fourth-order valence-corrected chi connectivity index (χ4v) is 0.869. The minimum Gasteiger partial charge on any atom is -0.508 e. The average molecular weight is 166 g/mol. The van der Waals surface area contributed by atoms with Crippen LogP contribution in [-0.2, 0) is 0 Å². The zero-order chi connectivity index (χ0) is 9.14. The van der Waals surface area contributed by atoms with E-state index in [1.165, 1.54) is 13.2 Å². The van der Waals surface area contributed by atoms with Gasteiger partial charge in [0, 0.05) is 5.56 Å². The van der Waals surface area contributed by atoms with E-state index >= 15 is 0 Å². The van der Waals surface area contributed by atoms with Crippen molar-refractivity contribution in [1.82, 2.24) is 0 Å². The fourth-order valence-electron chi connectivity index (χ4n) is 0.869. The molecule has 2 N–H and O–H groups in total. The number of phenols is 1. The average Bonchev–Trinajstić information content (AvgIpc) is 2.04. The fraction of sp³-hybridized carbons (Fsp3) is 0.111. The van der Waals surface area contributed by atoms with E-state index in [2.05, 4.69) is 6.58 Å². The summed E-state index contributed by atoms with van der Waals surface area (Å²) >= 11 is 0. The van der Waals surface area contributed by atoms with Crippen LogP contribution in [0.2, 0.25) is 0 Å². The van der Waals surface area contributed by atoms with Gasteiger partial charge in [0.1, 0.15) is 5.76 Å². The molecule has 1 aromatic rings. The topological polar surface area (TPSA) is 49.7 Å². The van der Waals surface area contributed by atoms with E-state index < -0.39 is 0 Å². The number of phenolic OH excluding ortho intramolecular Hbond substituents is 1. The highest BCUT2D eigenvalue weighted by molar-refractivity contribution is 5.60. The van der Waals surface area contributed by atoms with Crippen LogP contribution in [0.5, 0.6) is 11.5 Å². The maximum atomic E-state index is 9.26. The lowest BCUT2D eigenvalue weighted by Gasteiger charge is -2.04. The summed E-state index contributed by atoms with van der Waals surface area (Å²) in [5.74, 6) is 0.290. The summed E-state index contributed by atoms with van der Waals surface area (Å²) in [6, 6.07) is 4.56. The molecule has 0 bridgehead atoms. The molecule has 3 heteroatoms. The largest absolute Gasteiger partial charge is 0.508 e. The van der Waals surface area contributed by atoms with Crippen molar-refractivity contribution in [1.29, 1.82) is 0 Å². The highest BCUT2D eigenvalue weighted by Gasteiger charge is 2.03. The molecule has 64 valence electrons. The highest BCUT2D eigenvalue weighted by atomic mass is 16.5. The number of hydrogen-bond acceptors (Lipinski definition) is 3. The summed E-state index contributed by atoms with van der Waals surface area (Å²) in [6.45, 7) is 3.33. The molecule has 1 aromatic carbocycles. The summed E-state index contributed by atoms with van der Waals surface area (Å²) in [4.78, 5) is 0. The first-order valence-corrected chi connectivity index (χ1v) is 3.40. The molecule has 0 amide bonds. The molecule has 0 unspecified atom stereocenters. The van der Waals surface area contributed by atoms with Crippen LogP contribution in [0.4, 0.5) is 0 Å². The number of hydrogen-bond donors (Lipinski definition) is 2. The molecular weight excluding hydrogens is 156 g/mol. The normalized spacial score (nSPS) is 9.42. The molecule has 0 saturated heterocycles. The second kappa shape index (κ2) is 3.17. The maximum Gasteiger partial charge on any atom is 0.160 e. The Morgan fingerprint density at radius 2 is 2.17 bits per heavy atom. The van der Waals surface area contributed by atoms with Crippen molar-refractivity contribution in [3.05, 3.63) is 30.3 Å². The summed E-state index contributed by atoms with van der Waals surface area (Å²) in [7, 11) is 1.46. The molecule has 0 saturated carbocycles. The first kappa shape index (κ1) is 8.46. The first-order valence-electron chi connectivity index (χ1n) is 3.40. The number of methoxy groups -OCH3 is 1. The van der Waals surface area contributed by atoms with Gasteiger partial charge >= 0.3 is 0 Å². The Hall–Kier alpha value is -1.64. The van der Waals surface area contributed by atoms with Gasteiger partial charge in [0.25, 0.3) is 0 Å². The Balaban J connectivity index is 3.10. The Bertz CT molecular complexity index is 305. The zero-order valence-corrected chi connectivity index (χ0v) is 6.74. The van der Waals surface area contributed by atoms with Crippen LogP contribution < -0.4 is 4.74 Å². The predicted octanol–water partition coefficient (Wildman–Crippen LogP) is 1.93. The summed E-state index contributed by atoms with van der Waals surface area (Å²) in [5.41, 5.74) is 0.480. The van der Waals surface area contributed by atoms with E-state index in [4.69, 9.17) is 9.84 Å². The standard InChI is InChI=1S/C9H10O3/c1-6(10)7-3-4-9(12-2)8(11)5-7/h3-5,10-11H,1H2,2H3. The number of aromatic hydroxyl groups is 1. The Kier molecular flexibility index (Phi) is 2.24. The van der Waals surface area contributed by atoms with E-state index in [0.717, 1.165) is 0 Å². The SMILES string of the molecule is C=C(O)c1ccc(OC)c(O)c1. The third-order valence-corrected chi connectivity index (χ3v) is 1.51. The third kappa shape index (κ3) is 1.50. The van der Waals surface area contributed by atoms with Crippen LogP contribution >= 0.6 is 0 Å². The smallest absolute Gasteiger partial charge is 0.160 e. The molecule has 0 radical (unpaired) electrons. The van der Waals surface area contributed by atoms with Crippen molar-refractivity contribution in [2.24, 2.45) is 0 Å². The second-order valence-corrected chi connectivity index (χ2v) is 2.33. The van der Waals surface area contributed by atoms with Gasteiger partial charge in [-0.2, -0.15) is 0 Å². The van der Waals surface area contributed by atoms with Crippen LogP contribution in [0, 0.1) is 0 Å². The molecule has 12 heavy (non-hydrogen) atoms. The third-order valence-electron chi connectivity index (χ3n) is 1.51. The monoisotopic (exact) mass is 166 g/mol. The van der Waals surface area contributed by atoms with Crippen LogP contribution in [0.15, 0.2) is 24.8 Å². The van der Waals surface area contributed by atoms with Crippen molar-refractivity contribution in [3.8, 4) is 11.5 Å². The van der Waals surface area contributed by atoms with Crippen LogP contribution in [0.1, 0.15) is 5.56 Å². The molecule has 3 nitrogen and oxygen atoms in total. The van der Waals surface area contributed by atoms with Gasteiger partial charge in [0.05, 0.1) is 7.11 Å². The second-order valence-electron chi connectivity index (χ2n) is 2.33. The van der Waals surface area contributed by atoms with Gasteiger partial charge in [-0.3, -0.25) is 0 Å². The van der Waals surface area contributed by atoms with E-state index in [0.29, 0.717) is 11.3 Å². The van der Waals surface area contributed by atoms with Gasteiger partial charge in [-0.15, -0.1) is 0 Å². The lowest BCUT2D eigenvalue weighted by atomic mass is 10.2. The van der Waals surface area contributed by atoms with Gasteiger partial charge < -0.3 is 14.9 Å². The summed E-state index contributed by atoms with van der Waals surface area (Å²) in [5, 5.41) is 18.2. The molecule has 0 atom stereocenters. The highest BCUT2D eigenvalue weighted by Crippen LogP contribution is 2.27. The molecule has 0 aliphatic carbocycles. The molecule has 0 spiro atoms. The predicted molar refractivity (Wildman–Crippen MR) is 46.3 cm³/mol. The zero-order valence-electron chi connectivity index (χ0n) is 6.74. The van der Waals surface area contributed by atoms with Crippen molar-refractivity contribution in [2.75, 3.05) is 7.11 Å². The number of aliphatic hydroxyl groups is 1. The minimum atomic E-state index is -0.0760. The number of ether oxygens (including phenoxy) is 1. The first-order chi connectivity index (χ1) is 5.65. The number of benzene rings is 1. The van der Waals surface area contributed by atoms with Gasteiger partial charge in [-0.25, -0.2) is 0 Å². The van der Waals surface area contributed by atoms with Crippen LogP contribution in [0.3, 0.4) is 0 Å². The van der Waals surface area contributed by atoms with Gasteiger partial charge in [0.2, 0.25) is 0 Å². The van der Waals surface area contributed by atoms with Crippen molar-refractivity contribution < 1.29 is 14.9 Å². The number of rotatable bonds is 2. The molecule has 0 aliphatic rings.